The Hall–Kier alpha value is -1.03. The van der Waals surface area contributed by atoms with Gasteiger partial charge < -0.3 is 4.74 Å². The number of hydrogen-bond acceptors (Lipinski definition) is 3. The molecule has 0 radical (unpaired) electrons. The number of fused-ring (bicyclic) bond motifs is 2. The molecule has 80 valence electrons. The van der Waals surface area contributed by atoms with Gasteiger partial charge in [0.15, 0.2) is 11.5 Å². The molecule has 1 aromatic carbocycles. The fourth-order valence-electron chi connectivity index (χ4n) is 1.47. The van der Waals surface area contributed by atoms with Crippen LogP contribution in [0.4, 0.5) is 5.69 Å². The molecular formula is C11H5Cl2NOS. The predicted octanol–water partition coefficient (Wildman–Crippen LogP) is 4.82. The lowest BCUT2D eigenvalue weighted by molar-refractivity contribution is 0.487. The van der Waals surface area contributed by atoms with Crippen molar-refractivity contribution in [3.63, 3.8) is 0 Å². The lowest BCUT2D eigenvalue weighted by atomic mass is 10.3. The van der Waals surface area contributed by atoms with Crippen LogP contribution in [0.2, 0.25) is 4.34 Å². The van der Waals surface area contributed by atoms with Gasteiger partial charge in [0, 0.05) is 5.38 Å². The van der Waals surface area contributed by atoms with Crippen LogP contribution in [0.25, 0.3) is 0 Å². The summed E-state index contributed by atoms with van der Waals surface area (Å²) >= 11 is 13.5. The molecule has 0 amide bonds. The second-order valence-corrected chi connectivity index (χ2v) is 5.06. The molecule has 0 atom stereocenters. The number of rotatable bonds is 0. The summed E-state index contributed by atoms with van der Waals surface area (Å²) in [6.07, 6.45) is 0. The van der Waals surface area contributed by atoms with Gasteiger partial charge in [-0.3, -0.25) is 0 Å². The standard InChI is InChI=1S/C11H5Cl2NOS/c12-10-6-5-16-11(13)9(6)15-8-4-2-1-3-7(8)14-10/h1-5H. The van der Waals surface area contributed by atoms with Gasteiger partial charge in [-0.15, -0.1) is 11.3 Å². The average molecular weight is 270 g/mol. The van der Waals surface area contributed by atoms with Crippen LogP contribution in [-0.2, 0) is 0 Å². The van der Waals surface area contributed by atoms with E-state index in [1.54, 1.807) is 0 Å². The minimum absolute atomic E-state index is 0.406. The third kappa shape index (κ3) is 1.52. The second kappa shape index (κ2) is 3.77. The van der Waals surface area contributed by atoms with Crippen molar-refractivity contribution in [3.05, 3.63) is 39.5 Å². The van der Waals surface area contributed by atoms with Gasteiger partial charge in [0.2, 0.25) is 0 Å². The largest absolute Gasteiger partial charge is 0.452 e. The lowest BCUT2D eigenvalue weighted by Crippen LogP contribution is -1.88. The zero-order valence-electron chi connectivity index (χ0n) is 7.91. The summed E-state index contributed by atoms with van der Waals surface area (Å²) in [5.41, 5.74) is 1.46. The zero-order chi connectivity index (χ0) is 11.1. The van der Waals surface area contributed by atoms with E-state index in [0.717, 1.165) is 5.56 Å². The highest BCUT2D eigenvalue weighted by Gasteiger charge is 2.20. The van der Waals surface area contributed by atoms with Crippen LogP contribution < -0.4 is 4.74 Å². The molecule has 0 saturated heterocycles. The Balaban J connectivity index is 2.26. The van der Waals surface area contributed by atoms with Crippen molar-refractivity contribution in [2.75, 3.05) is 0 Å². The fourth-order valence-corrected chi connectivity index (χ4v) is 2.74. The summed E-state index contributed by atoms with van der Waals surface area (Å²) in [4.78, 5) is 4.30. The van der Waals surface area contributed by atoms with E-state index in [4.69, 9.17) is 27.9 Å². The Kier molecular flexibility index (Phi) is 2.39. The fraction of sp³-hybridized carbons (Fsp3) is 0. The highest BCUT2D eigenvalue weighted by atomic mass is 35.5. The first kappa shape index (κ1) is 10.1. The van der Waals surface area contributed by atoms with E-state index in [2.05, 4.69) is 4.99 Å². The molecule has 0 saturated carbocycles. The number of para-hydroxylation sites is 2. The van der Waals surface area contributed by atoms with Crippen molar-refractivity contribution in [1.29, 1.82) is 0 Å². The number of hydrogen-bond donors (Lipinski definition) is 0. The maximum Gasteiger partial charge on any atom is 0.167 e. The molecule has 0 unspecified atom stereocenters. The molecular weight excluding hydrogens is 265 g/mol. The maximum absolute atomic E-state index is 6.11. The van der Waals surface area contributed by atoms with E-state index in [0.29, 0.717) is 26.7 Å². The highest BCUT2D eigenvalue weighted by Crippen LogP contribution is 2.44. The Morgan fingerprint density at radius 1 is 1.19 bits per heavy atom. The Morgan fingerprint density at radius 3 is 2.88 bits per heavy atom. The first-order valence-corrected chi connectivity index (χ1v) is 6.17. The number of ether oxygens (including phenoxy) is 1. The Bertz CT molecular complexity index is 591. The molecule has 1 aliphatic heterocycles. The van der Waals surface area contributed by atoms with Crippen LogP contribution in [0.1, 0.15) is 5.56 Å². The average Bonchev–Trinajstić information content (AvgIpc) is 2.57. The number of thiophene rings is 1. The zero-order valence-corrected chi connectivity index (χ0v) is 10.2. The molecule has 5 heteroatoms. The summed E-state index contributed by atoms with van der Waals surface area (Å²) < 4.78 is 6.31. The molecule has 3 rings (SSSR count). The summed E-state index contributed by atoms with van der Waals surface area (Å²) in [6.45, 7) is 0. The van der Waals surface area contributed by atoms with Gasteiger partial charge in [-0.2, -0.15) is 0 Å². The van der Waals surface area contributed by atoms with Crippen molar-refractivity contribution in [3.8, 4) is 11.5 Å². The maximum atomic E-state index is 6.11. The van der Waals surface area contributed by atoms with Gasteiger partial charge in [-0.25, -0.2) is 4.99 Å². The summed E-state index contributed by atoms with van der Waals surface area (Å²) in [6, 6.07) is 7.45. The van der Waals surface area contributed by atoms with Crippen molar-refractivity contribution in [1.82, 2.24) is 0 Å². The van der Waals surface area contributed by atoms with Gasteiger partial charge in [0.05, 0.1) is 5.56 Å². The smallest absolute Gasteiger partial charge is 0.167 e. The van der Waals surface area contributed by atoms with E-state index >= 15 is 0 Å². The molecule has 0 N–H and O–H groups in total. The van der Waals surface area contributed by atoms with Crippen LogP contribution >= 0.6 is 34.5 Å². The molecule has 0 aliphatic carbocycles. The van der Waals surface area contributed by atoms with Gasteiger partial charge in [0.1, 0.15) is 15.2 Å². The van der Waals surface area contributed by atoms with Gasteiger partial charge in [-0.05, 0) is 12.1 Å². The Labute approximate surface area is 106 Å². The Morgan fingerprint density at radius 2 is 2.00 bits per heavy atom. The molecule has 0 spiro atoms. The third-order valence-electron chi connectivity index (χ3n) is 2.22. The summed E-state index contributed by atoms with van der Waals surface area (Å²) in [7, 11) is 0. The SMILES string of the molecule is ClC1=Nc2ccccc2Oc2c1csc2Cl. The van der Waals surface area contributed by atoms with E-state index in [1.165, 1.54) is 11.3 Å². The van der Waals surface area contributed by atoms with Crippen molar-refractivity contribution in [2.45, 2.75) is 0 Å². The second-order valence-electron chi connectivity index (χ2n) is 3.22. The number of benzene rings is 1. The number of aliphatic imine (C=N–C) groups is 1. The molecule has 2 nitrogen and oxygen atoms in total. The summed E-state index contributed by atoms with van der Waals surface area (Å²) in [5.74, 6) is 1.25. The quantitative estimate of drug-likeness (QED) is 0.672. The first-order chi connectivity index (χ1) is 7.75. The minimum atomic E-state index is 0.406. The van der Waals surface area contributed by atoms with E-state index in [-0.39, 0.29) is 0 Å². The summed E-state index contributed by atoms with van der Waals surface area (Å²) in [5, 5.41) is 2.25. The number of nitrogens with zero attached hydrogens (tertiary/aromatic N) is 1. The van der Waals surface area contributed by atoms with Gasteiger partial charge >= 0.3 is 0 Å². The van der Waals surface area contributed by atoms with Crippen LogP contribution in [0.3, 0.4) is 0 Å². The topological polar surface area (TPSA) is 21.6 Å². The minimum Gasteiger partial charge on any atom is -0.452 e. The molecule has 2 heterocycles. The molecule has 0 bridgehead atoms. The monoisotopic (exact) mass is 269 g/mol. The lowest BCUT2D eigenvalue weighted by Gasteiger charge is -2.04. The van der Waals surface area contributed by atoms with Crippen LogP contribution in [-0.4, -0.2) is 5.17 Å². The van der Waals surface area contributed by atoms with Crippen LogP contribution in [0.15, 0.2) is 34.6 Å². The normalized spacial score (nSPS) is 13.2. The highest BCUT2D eigenvalue weighted by molar-refractivity contribution is 7.15. The van der Waals surface area contributed by atoms with Crippen LogP contribution in [0, 0.1) is 0 Å². The first-order valence-electron chi connectivity index (χ1n) is 4.54. The number of halogens is 2. The van der Waals surface area contributed by atoms with E-state index in [1.807, 2.05) is 29.6 Å². The van der Waals surface area contributed by atoms with Crippen molar-refractivity contribution in [2.24, 2.45) is 4.99 Å². The van der Waals surface area contributed by atoms with E-state index in [9.17, 15) is 0 Å². The van der Waals surface area contributed by atoms with Gasteiger partial charge in [0.25, 0.3) is 0 Å². The molecule has 16 heavy (non-hydrogen) atoms. The van der Waals surface area contributed by atoms with Crippen LogP contribution in [0.5, 0.6) is 11.5 Å². The molecule has 2 aromatic rings. The third-order valence-corrected chi connectivity index (χ3v) is 3.69. The van der Waals surface area contributed by atoms with Crippen molar-refractivity contribution < 1.29 is 4.74 Å². The molecule has 1 aliphatic rings. The molecule has 0 fully saturated rings. The van der Waals surface area contributed by atoms with E-state index < -0.39 is 0 Å². The predicted molar refractivity (Wildman–Crippen MR) is 67.9 cm³/mol. The van der Waals surface area contributed by atoms with Gasteiger partial charge in [-0.1, -0.05) is 35.3 Å². The molecule has 1 aromatic heterocycles. The van der Waals surface area contributed by atoms with Crippen molar-refractivity contribution >= 4 is 45.4 Å².